The molecule has 0 unspecified atom stereocenters. The summed E-state index contributed by atoms with van der Waals surface area (Å²) >= 11 is 0. The first-order valence-electron chi connectivity index (χ1n) is 5.80. The van der Waals surface area contributed by atoms with Crippen LogP contribution >= 0.6 is 0 Å². The first kappa shape index (κ1) is 11.1. The van der Waals surface area contributed by atoms with Crippen LogP contribution in [0, 0.1) is 0 Å². The third-order valence-corrected chi connectivity index (χ3v) is 3.45. The molecule has 0 fully saturated rings. The predicted molar refractivity (Wildman–Crippen MR) is 67.6 cm³/mol. The van der Waals surface area contributed by atoms with E-state index < -0.39 is 0 Å². The number of ketones is 1. The highest BCUT2D eigenvalue weighted by molar-refractivity contribution is 6.04. The van der Waals surface area contributed by atoms with Crippen molar-refractivity contribution in [3.63, 3.8) is 0 Å². The summed E-state index contributed by atoms with van der Waals surface area (Å²) in [5, 5.41) is 0. The lowest BCUT2D eigenvalue weighted by Gasteiger charge is -2.28. The molecule has 16 heavy (non-hydrogen) atoms. The van der Waals surface area contributed by atoms with Crippen LogP contribution in [0.3, 0.4) is 0 Å². The largest absolute Gasteiger partial charge is 0.294 e. The molecular formula is C15H18O. The highest BCUT2D eigenvalue weighted by atomic mass is 16.1. The standard InChI is InChI=1S/C15H18O/c1-10(2)12-6-5-11-7-8-14(16)15(3,4)13(11)9-12/h5-10H,1-4H3. The molecule has 0 spiro atoms. The van der Waals surface area contributed by atoms with E-state index in [1.165, 1.54) is 11.1 Å². The van der Waals surface area contributed by atoms with Crippen LogP contribution in [-0.4, -0.2) is 5.78 Å². The number of fused-ring (bicyclic) bond motifs is 1. The molecule has 0 bridgehead atoms. The zero-order valence-electron chi connectivity index (χ0n) is 10.4. The van der Waals surface area contributed by atoms with Gasteiger partial charge in [0.15, 0.2) is 5.78 Å². The Morgan fingerprint density at radius 1 is 1.12 bits per heavy atom. The Balaban J connectivity index is 2.61. The van der Waals surface area contributed by atoms with Crippen molar-refractivity contribution in [2.45, 2.75) is 39.0 Å². The number of carbonyl (C=O) groups excluding carboxylic acids is 1. The summed E-state index contributed by atoms with van der Waals surface area (Å²) < 4.78 is 0. The fraction of sp³-hybridized carbons (Fsp3) is 0.400. The maximum Gasteiger partial charge on any atom is 0.165 e. The lowest BCUT2D eigenvalue weighted by molar-refractivity contribution is -0.118. The van der Waals surface area contributed by atoms with Crippen LogP contribution in [0.5, 0.6) is 0 Å². The molecule has 0 heterocycles. The van der Waals surface area contributed by atoms with Gasteiger partial charge in [-0.25, -0.2) is 0 Å². The molecule has 1 aliphatic rings. The average Bonchev–Trinajstić information content (AvgIpc) is 2.23. The van der Waals surface area contributed by atoms with Gasteiger partial charge in [-0.2, -0.15) is 0 Å². The zero-order valence-corrected chi connectivity index (χ0v) is 10.4. The second kappa shape index (κ2) is 3.58. The molecule has 0 radical (unpaired) electrons. The van der Waals surface area contributed by atoms with Gasteiger partial charge >= 0.3 is 0 Å². The Bertz CT molecular complexity index is 464. The maximum atomic E-state index is 11.9. The SMILES string of the molecule is CC(C)c1ccc2c(c1)C(C)(C)C(=O)C=C2. The molecule has 0 aromatic heterocycles. The number of carbonyl (C=O) groups is 1. The fourth-order valence-electron chi connectivity index (χ4n) is 2.13. The Hall–Kier alpha value is -1.37. The number of rotatable bonds is 1. The summed E-state index contributed by atoms with van der Waals surface area (Å²) in [4.78, 5) is 11.9. The van der Waals surface area contributed by atoms with Crippen molar-refractivity contribution in [1.29, 1.82) is 0 Å². The Morgan fingerprint density at radius 3 is 2.44 bits per heavy atom. The van der Waals surface area contributed by atoms with E-state index in [0.29, 0.717) is 5.92 Å². The third kappa shape index (κ3) is 1.60. The molecule has 2 rings (SSSR count). The lowest BCUT2D eigenvalue weighted by atomic mass is 9.74. The lowest BCUT2D eigenvalue weighted by Crippen LogP contribution is -2.30. The van der Waals surface area contributed by atoms with Crippen molar-refractivity contribution < 1.29 is 4.79 Å². The van der Waals surface area contributed by atoms with E-state index in [1.54, 1.807) is 6.08 Å². The normalized spacial score (nSPS) is 17.7. The molecule has 0 N–H and O–H groups in total. The monoisotopic (exact) mass is 214 g/mol. The van der Waals surface area contributed by atoms with Gasteiger partial charge in [-0.15, -0.1) is 0 Å². The van der Waals surface area contributed by atoms with Crippen LogP contribution in [0.1, 0.15) is 50.3 Å². The summed E-state index contributed by atoms with van der Waals surface area (Å²) in [6.07, 6.45) is 3.62. The number of benzene rings is 1. The van der Waals surface area contributed by atoms with E-state index in [9.17, 15) is 4.79 Å². The summed E-state index contributed by atoms with van der Waals surface area (Å²) in [5.74, 6) is 0.697. The summed E-state index contributed by atoms with van der Waals surface area (Å²) in [7, 11) is 0. The van der Waals surface area contributed by atoms with Crippen molar-refractivity contribution in [3.8, 4) is 0 Å². The van der Waals surface area contributed by atoms with Crippen molar-refractivity contribution >= 4 is 11.9 Å². The van der Waals surface area contributed by atoms with Crippen LogP contribution in [-0.2, 0) is 10.2 Å². The summed E-state index contributed by atoms with van der Waals surface area (Å²) in [5.41, 5.74) is 3.25. The van der Waals surface area contributed by atoms with Gasteiger partial charge in [-0.05, 0) is 42.5 Å². The Morgan fingerprint density at radius 2 is 1.81 bits per heavy atom. The van der Waals surface area contributed by atoms with Crippen molar-refractivity contribution in [1.82, 2.24) is 0 Å². The number of allylic oxidation sites excluding steroid dienone is 1. The molecule has 1 heteroatoms. The number of hydrogen-bond acceptors (Lipinski definition) is 1. The molecule has 0 amide bonds. The first-order valence-corrected chi connectivity index (χ1v) is 5.80. The molecule has 0 aliphatic heterocycles. The van der Waals surface area contributed by atoms with E-state index in [0.717, 1.165) is 5.56 Å². The Kier molecular flexibility index (Phi) is 2.49. The topological polar surface area (TPSA) is 17.1 Å². The highest BCUT2D eigenvalue weighted by Crippen LogP contribution is 2.34. The first-order chi connectivity index (χ1) is 7.43. The van der Waals surface area contributed by atoms with Crippen molar-refractivity contribution in [2.75, 3.05) is 0 Å². The molecule has 0 saturated heterocycles. The predicted octanol–water partition coefficient (Wildman–Crippen LogP) is 3.68. The second-order valence-electron chi connectivity index (χ2n) is 5.32. The highest BCUT2D eigenvalue weighted by Gasteiger charge is 2.32. The molecular weight excluding hydrogens is 196 g/mol. The minimum atomic E-state index is -0.380. The minimum absolute atomic E-state index is 0.195. The van der Waals surface area contributed by atoms with E-state index in [-0.39, 0.29) is 11.2 Å². The van der Waals surface area contributed by atoms with Crippen molar-refractivity contribution in [2.24, 2.45) is 0 Å². The van der Waals surface area contributed by atoms with E-state index >= 15 is 0 Å². The van der Waals surface area contributed by atoms with Gasteiger partial charge < -0.3 is 0 Å². The van der Waals surface area contributed by atoms with Crippen molar-refractivity contribution in [3.05, 3.63) is 41.0 Å². The molecule has 84 valence electrons. The second-order valence-corrected chi connectivity index (χ2v) is 5.32. The minimum Gasteiger partial charge on any atom is -0.294 e. The number of hydrogen-bond donors (Lipinski definition) is 0. The molecule has 0 atom stereocenters. The van der Waals surface area contributed by atoms with Gasteiger partial charge in [0.1, 0.15) is 0 Å². The maximum absolute atomic E-state index is 11.9. The average molecular weight is 214 g/mol. The summed E-state index contributed by atoms with van der Waals surface area (Å²) in [6.45, 7) is 8.36. The van der Waals surface area contributed by atoms with Gasteiger partial charge in [0.05, 0.1) is 5.41 Å². The van der Waals surface area contributed by atoms with E-state index in [2.05, 4.69) is 32.0 Å². The molecule has 1 aliphatic carbocycles. The van der Waals surface area contributed by atoms with Crippen LogP contribution in [0.2, 0.25) is 0 Å². The van der Waals surface area contributed by atoms with Gasteiger partial charge in [0.2, 0.25) is 0 Å². The fourth-order valence-corrected chi connectivity index (χ4v) is 2.13. The van der Waals surface area contributed by atoms with Gasteiger partial charge in [-0.1, -0.05) is 38.1 Å². The van der Waals surface area contributed by atoms with Crippen LogP contribution in [0.15, 0.2) is 24.3 Å². The molecule has 1 nitrogen and oxygen atoms in total. The quantitative estimate of drug-likeness (QED) is 0.697. The van der Waals surface area contributed by atoms with Crippen LogP contribution in [0.25, 0.3) is 6.08 Å². The van der Waals surface area contributed by atoms with Crippen LogP contribution < -0.4 is 0 Å². The Labute approximate surface area is 97.2 Å². The summed E-state index contributed by atoms with van der Waals surface area (Å²) in [6, 6.07) is 6.45. The molecule has 1 aromatic rings. The zero-order chi connectivity index (χ0) is 11.9. The van der Waals surface area contributed by atoms with Gasteiger partial charge in [0, 0.05) is 0 Å². The van der Waals surface area contributed by atoms with Crippen LogP contribution in [0.4, 0.5) is 0 Å². The smallest absolute Gasteiger partial charge is 0.165 e. The molecule has 1 aromatic carbocycles. The van der Waals surface area contributed by atoms with E-state index in [4.69, 9.17) is 0 Å². The molecule has 0 saturated carbocycles. The van der Waals surface area contributed by atoms with E-state index in [1.807, 2.05) is 19.9 Å². The van der Waals surface area contributed by atoms with Gasteiger partial charge in [-0.3, -0.25) is 4.79 Å². The van der Waals surface area contributed by atoms with Gasteiger partial charge in [0.25, 0.3) is 0 Å². The third-order valence-electron chi connectivity index (χ3n) is 3.45.